The third-order valence-electron chi connectivity index (χ3n) is 1.21. The summed E-state index contributed by atoms with van der Waals surface area (Å²) in [6.45, 7) is 3.82. The molecule has 0 aliphatic rings. The van der Waals surface area contributed by atoms with Crippen molar-refractivity contribution >= 4 is 11.9 Å². The Labute approximate surface area is 130 Å². The Morgan fingerprint density at radius 3 is 1.05 bits per heavy atom. The highest BCUT2D eigenvalue weighted by Gasteiger charge is 1.90. The van der Waals surface area contributed by atoms with Crippen molar-refractivity contribution in [1.29, 1.82) is 0 Å². The first kappa shape index (κ1) is 28.1. The highest BCUT2D eigenvalue weighted by molar-refractivity contribution is 5.66. The Morgan fingerprint density at radius 1 is 0.714 bits per heavy atom. The van der Waals surface area contributed by atoms with E-state index in [1.165, 1.54) is 0 Å². The van der Waals surface area contributed by atoms with Gasteiger partial charge >= 0.3 is 11.9 Å². The van der Waals surface area contributed by atoms with Crippen molar-refractivity contribution in [3.63, 3.8) is 0 Å². The summed E-state index contributed by atoms with van der Waals surface area (Å²) in [5, 5.41) is 16.0. The lowest BCUT2D eigenvalue weighted by atomic mass is 10.3. The normalized spacial score (nSPS) is 8.67. The topological polar surface area (TPSA) is 81.1 Å². The third kappa shape index (κ3) is 156. The lowest BCUT2D eigenvalue weighted by Gasteiger charge is -1.90. The minimum Gasteiger partial charge on any atom is -0.481 e. The van der Waals surface area contributed by atoms with Gasteiger partial charge in [-0.15, -0.1) is 0 Å². The fraction of sp³-hybridized carbons (Fsp3) is 0.867. The molecule has 6 heteroatoms. The second-order valence-corrected chi connectivity index (χ2v) is 5.32. The van der Waals surface area contributed by atoms with E-state index < -0.39 is 11.9 Å². The summed E-state index contributed by atoms with van der Waals surface area (Å²) in [5.74, 6) is -1.40. The molecule has 0 bridgehead atoms. The Kier molecular flexibility index (Phi) is 32.0. The number of carboxylic acid groups (broad SMARTS) is 2. The predicted octanol–water partition coefficient (Wildman–Crippen LogP) is 2.49. The molecule has 21 heavy (non-hydrogen) atoms. The van der Waals surface area contributed by atoms with Crippen LogP contribution in [0, 0.1) is 0 Å². The second kappa shape index (κ2) is 23.9. The quantitative estimate of drug-likeness (QED) is 0.812. The fourth-order valence-electron chi connectivity index (χ4n) is 0.542. The second-order valence-electron chi connectivity index (χ2n) is 5.32. The first-order valence-electron chi connectivity index (χ1n) is 7.16. The van der Waals surface area contributed by atoms with Crippen LogP contribution in [0.1, 0.15) is 46.0 Å². The van der Waals surface area contributed by atoms with E-state index in [1.807, 2.05) is 65.9 Å². The molecule has 0 saturated carbocycles. The molecule has 0 rings (SSSR count). The third-order valence-corrected chi connectivity index (χ3v) is 1.21. The first-order chi connectivity index (χ1) is 9.50. The number of carbonyl (C=O) groups is 2. The molecule has 130 valence electrons. The smallest absolute Gasteiger partial charge is 0.303 e. The Morgan fingerprint density at radius 2 is 1.00 bits per heavy atom. The molecule has 0 radical (unpaired) electrons. The summed E-state index contributed by atoms with van der Waals surface area (Å²) in [4.78, 5) is 23.4. The minimum atomic E-state index is -0.711. The van der Waals surface area contributed by atoms with Gasteiger partial charge in [-0.1, -0.05) is 20.3 Å². The highest BCUT2D eigenvalue weighted by Crippen LogP contribution is 1.91. The van der Waals surface area contributed by atoms with Crippen LogP contribution < -0.4 is 0 Å². The molecule has 0 spiro atoms. The summed E-state index contributed by atoms with van der Waals surface area (Å²) >= 11 is 0. The molecule has 0 atom stereocenters. The molecular formula is C15H36N2O4. The summed E-state index contributed by atoms with van der Waals surface area (Å²) in [6.07, 6.45) is 3.10. The van der Waals surface area contributed by atoms with Crippen LogP contribution in [-0.4, -0.2) is 74.2 Å². The van der Waals surface area contributed by atoms with Crippen LogP contribution in [0.2, 0.25) is 0 Å². The molecule has 0 fully saturated rings. The van der Waals surface area contributed by atoms with Crippen LogP contribution in [0.4, 0.5) is 0 Å². The summed E-state index contributed by atoms with van der Waals surface area (Å²) in [5.41, 5.74) is 0. The molecule has 0 aliphatic heterocycles. The van der Waals surface area contributed by atoms with Crippen LogP contribution >= 0.6 is 0 Å². The standard InChI is InChI=1S/C5H10O2.C4H8O2.2C3H9N/c1-2-3-4-5(6)7;1-2-3-4(5)6;2*1-4(2)3/h2-4H2,1H3,(H,6,7);2-3H2,1H3,(H,5,6);2*1-3H3. The summed E-state index contributed by atoms with van der Waals surface area (Å²) < 4.78 is 0. The van der Waals surface area contributed by atoms with Gasteiger partial charge in [-0.2, -0.15) is 0 Å². The van der Waals surface area contributed by atoms with Gasteiger partial charge in [0.1, 0.15) is 0 Å². The Hall–Kier alpha value is -1.14. The zero-order valence-corrected chi connectivity index (χ0v) is 15.1. The lowest BCUT2D eigenvalue weighted by Crippen LogP contribution is -1.99. The van der Waals surface area contributed by atoms with Crippen LogP contribution in [0.5, 0.6) is 0 Å². The van der Waals surface area contributed by atoms with Crippen molar-refractivity contribution in [2.75, 3.05) is 42.3 Å². The number of unbranched alkanes of at least 4 members (excludes halogenated alkanes) is 1. The van der Waals surface area contributed by atoms with Gasteiger partial charge in [-0.25, -0.2) is 0 Å². The number of hydrogen-bond acceptors (Lipinski definition) is 4. The molecule has 2 N–H and O–H groups in total. The summed E-state index contributed by atoms with van der Waals surface area (Å²) in [6, 6.07) is 0. The molecule has 0 aliphatic carbocycles. The van der Waals surface area contributed by atoms with Crippen molar-refractivity contribution in [3.05, 3.63) is 0 Å². The number of hydrogen-bond donors (Lipinski definition) is 2. The van der Waals surface area contributed by atoms with Crippen molar-refractivity contribution in [2.24, 2.45) is 0 Å². The van der Waals surface area contributed by atoms with Gasteiger partial charge in [0.2, 0.25) is 0 Å². The largest absolute Gasteiger partial charge is 0.481 e. The van der Waals surface area contributed by atoms with E-state index in [0.717, 1.165) is 19.3 Å². The van der Waals surface area contributed by atoms with Crippen molar-refractivity contribution in [2.45, 2.75) is 46.0 Å². The van der Waals surface area contributed by atoms with Gasteiger partial charge in [0.15, 0.2) is 0 Å². The predicted molar refractivity (Wildman–Crippen MR) is 88.9 cm³/mol. The van der Waals surface area contributed by atoms with E-state index in [2.05, 4.69) is 0 Å². The van der Waals surface area contributed by atoms with Crippen molar-refractivity contribution in [3.8, 4) is 0 Å². The molecule has 0 unspecified atom stereocenters. The monoisotopic (exact) mass is 308 g/mol. The number of nitrogens with zero attached hydrogens (tertiary/aromatic N) is 2. The fourth-order valence-corrected chi connectivity index (χ4v) is 0.542. The maximum atomic E-state index is 9.76. The van der Waals surface area contributed by atoms with Crippen molar-refractivity contribution in [1.82, 2.24) is 9.80 Å². The van der Waals surface area contributed by atoms with Crippen LogP contribution in [-0.2, 0) is 9.59 Å². The van der Waals surface area contributed by atoms with Crippen molar-refractivity contribution < 1.29 is 19.8 Å². The number of rotatable bonds is 5. The Balaban J connectivity index is -0.0000000948. The zero-order chi connectivity index (χ0) is 17.8. The minimum absolute atomic E-state index is 0.292. The van der Waals surface area contributed by atoms with E-state index in [0.29, 0.717) is 12.8 Å². The van der Waals surface area contributed by atoms with Crippen LogP contribution in [0.3, 0.4) is 0 Å². The average molecular weight is 308 g/mol. The zero-order valence-electron chi connectivity index (χ0n) is 15.1. The number of carboxylic acids is 2. The van der Waals surface area contributed by atoms with E-state index in [-0.39, 0.29) is 0 Å². The molecule has 0 aromatic carbocycles. The first-order valence-corrected chi connectivity index (χ1v) is 7.16. The molecule has 0 amide bonds. The van der Waals surface area contributed by atoms with E-state index >= 15 is 0 Å². The van der Waals surface area contributed by atoms with Gasteiger partial charge in [0.25, 0.3) is 0 Å². The SMILES string of the molecule is CCCC(=O)O.CCCCC(=O)O.CN(C)C.CN(C)C. The molecule has 6 nitrogen and oxygen atoms in total. The van der Waals surface area contributed by atoms with E-state index in [9.17, 15) is 9.59 Å². The van der Waals surface area contributed by atoms with Gasteiger partial charge in [0, 0.05) is 12.8 Å². The van der Waals surface area contributed by atoms with E-state index in [4.69, 9.17) is 10.2 Å². The van der Waals surface area contributed by atoms with Gasteiger partial charge in [-0.05, 0) is 55.1 Å². The lowest BCUT2D eigenvalue weighted by molar-refractivity contribution is -0.138. The molecule has 0 aromatic heterocycles. The molecular weight excluding hydrogens is 272 g/mol. The van der Waals surface area contributed by atoms with Gasteiger partial charge < -0.3 is 20.0 Å². The van der Waals surface area contributed by atoms with Gasteiger partial charge in [0.05, 0.1) is 0 Å². The molecule has 0 saturated heterocycles. The summed E-state index contributed by atoms with van der Waals surface area (Å²) in [7, 11) is 12.0. The molecule has 0 aromatic rings. The Bertz CT molecular complexity index is 208. The highest BCUT2D eigenvalue weighted by atomic mass is 16.4. The van der Waals surface area contributed by atoms with Crippen LogP contribution in [0.25, 0.3) is 0 Å². The average Bonchev–Trinajstić information content (AvgIpc) is 2.25. The van der Waals surface area contributed by atoms with E-state index in [1.54, 1.807) is 0 Å². The van der Waals surface area contributed by atoms with Crippen LogP contribution in [0.15, 0.2) is 0 Å². The maximum absolute atomic E-state index is 9.76. The van der Waals surface area contributed by atoms with Gasteiger partial charge in [-0.3, -0.25) is 9.59 Å². The molecule has 0 heterocycles. The maximum Gasteiger partial charge on any atom is 0.303 e. The number of aliphatic carboxylic acids is 2.